The van der Waals surface area contributed by atoms with E-state index >= 15 is 0 Å². The summed E-state index contributed by atoms with van der Waals surface area (Å²) in [7, 11) is 4.27. The number of hydrogen-bond acceptors (Lipinski definition) is 3. The third-order valence-corrected chi connectivity index (χ3v) is 4.34. The third-order valence-electron chi connectivity index (χ3n) is 3.34. The topological polar surface area (TPSA) is 15.3 Å². The normalized spacial score (nSPS) is 13.6. The minimum absolute atomic E-state index is 0.727. The molecule has 1 aromatic heterocycles. The Kier molecular flexibility index (Phi) is 6.17. The number of hydrogen-bond donors (Lipinski definition) is 1. The highest BCUT2D eigenvalue weighted by Gasteiger charge is 2.15. The fraction of sp³-hybridized carbons (Fsp3) is 0.714. The smallest absolute Gasteiger partial charge is 0.0327 e. The maximum atomic E-state index is 3.30. The van der Waals surface area contributed by atoms with Crippen molar-refractivity contribution in [3.05, 3.63) is 21.9 Å². The Morgan fingerprint density at radius 1 is 1.41 bits per heavy atom. The van der Waals surface area contributed by atoms with Crippen LogP contribution in [0.1, 0.15) is 24.3 Å². The molecule has 0 fully saturated rings. The molecule has 0 saturated heterocycles. The first kappa shape index (κ1) is 14.7. The molecule has 0 amide bonds. The van der Waals surface area contributed by atoms with E-state index in [-0.39, 0.29) is 0 Å². The number of thiophene rings is 1. The molecule has 0 aromatic carbocycles. The standard InChI is InChI=1S/C14H26N2S/c1-11(2)13(8-15-4)9-16(5)10-14-12(3)6-7-17-14/h6-7,11,13,15H,8-10H2,1-5H3. The molecule has 0 radical (unpaired) electrons. The molecule has 0 aliphatic heterocycles. The first-order chi connectivity index (χ1) is 8.04. The fourth-order valence-electron chi connectivity index (χ4n) is 2.05. The molecule has 0 spiro atoms. The molecule has 0 aliphatic carbocycles. The second-order valence-electron chi connectivity index (χ2n) is 5.29. The van der Waals surface area contributed by atoms with Crippen molar-refractivity contribution in [2.75, 3.05) is 27.2 Å². The van der Waals surface area contributed by atoms with Gasteiger partial charge in [-0.3, -0.25) is 0 Å². The first-order valence-electron chi connectivity index (χ1n) is 6.40. The lowest BCUT2D eigenvalue weighted by molar-refractivity contribution is 0.228. The van der Waals surface area contributed by atoms with Crippen LogP contribution in [0.5, 0.6) is 0 Å². The Morgan fingerprint density at radius 3 is 2.59 bits per heavy atom. The molecule has 0 bridgehead atoms. The summed E-state index contributed by atoms with van der Waals surface area (Å²) in [6.45, 7) is 10.2. The number of aryl methyl sites for hydroxylation is 1. The van der Waals surface area contributed by atoms with Crippen molar-refractivity contribution < 1.29 is 0 Å². The monoisotopic (exact) mass is 254 g/mol. The maximum Gasteiger partial charge on any atom is 0.0327 e. The Bertz CT molecular complexity index is 320. The summed E-state index contributed by atoms with van der Waals surface area (Å²) >= 11 is 1.87. The Hall–Kier alpha value is -0.380. The van der Waals surface area contributed by atoms with Gasteiger partial charge in [0.25, 0.3) is 0 Å². The van der Waals surface area contributed by atoms with Crippen LogP contribution >= 0.6 is 11.3 Å². The van der Waals surface area contributed by atoms with Crippen molar-refractivity contribution in [1.29, 1.82) is 0 Å². The van der Waals surface area contributed by atoms with Crippen LogP contribution in [0, 0.1) is 18.8 Å². The van der Waals surface area contributed by atoms with Crippen LogP contribution in [-0.2, 0) is 6.54 Å². The van der Waals surface area contributed by atoms with Crippen molar-refractivity contribution in [2.24, 2.45) is 11.8 Å². The molecule has 0 saturated carbocycles. The first-order valence-corrected chi connectivity index (χ1v) is 7.28. The highest BCUT2D eigenvalue weighted by atomic mass is 32.1. The van der Waals surface area contributed by atoms with Crippen molar-refractivity contribution >= 4 is 11.3 Å². The molecule has 0 aliphatic rings. The van der Waals surface area contributed by atoms with Gasteiger partial charge in [0, 0.05) is 18.0 Å². The SMILES string of the molecule is CNCC(CN(C)Cc1sccc1C)C(C)C. The van der Waals surface area contributed by atoms with Gasteiger partial charge in [-0.2, -0.15) is 0 Å². The molecular formula is C14H26N2S. The van der Waals surface area contributed by atoms with Crippen LogP contribution in [0.3, 0.4) is 0 Å². The average Bonchev–Trinajstić information content (AvgIpc) is 2.63. The van der Waals surface area contributed by atoms with Gasteiger partial charge in [0.1, 0.15) is 0 Å². The molecule has 1 N–H and O–H groups in total. The summed E-state index contributed by atoms with van der Waals surface area (Å²) in [6.07, 6.45) is 0. The summed E-state index contributed by atoms with van der Waals surface area (Å²) in [5.74, 6) is 1.46. The van der Waals surface area contributed by atoms with E-state index in [2.05, 4.69) is 49.5 Å². The van der Waals surface area contributed by atoms with Gasteiger partial charge in [-0.15, -0.1) is 11.3 Å². The van der Waals surface area contributed by atoms with E-state index in [9.17, 15) is 0 Å². The summed E-state index contributed by atoms with van der Waals surface area (Å²) in [5, 5.41) is 5.49. The zero-order chi connectivity index (χ0) is 12.8. The predicted molar refractivity (Wildman–Crippen MR) is 77.6 cm³/mol. The molecule has 2 nitrogen and oxygen atoms in total. The van der Waals surface area contributed by atoms with E-state index in [1.54, 1.807) is 0 Å². The van der Waals surface area contributed by atoms with E-state index < -0.39 is 0 Å². The summed E-state index contributed by atoms with van der Waals surface area (Å²) in [4.78, 5) is 3.94. The van der Waals surface area contributed by atoms with E-state index in [0.717, 1.165) is 31.5 Å². The van der Waals surface area contributed by atoms with E-state index in [0.29, 0.717) is 0 Å². The van der Waals surface area contributed by atoms with Gasteiger partial charge >= 0.3 is 0 Å². The maximum absolute atomic E-state index is 3.30. The quantitative estimate of drug-likeness (QED) is 0.805. The van der Waals surface area contributed by atoms with Gasteiger partial charge in [0.05, 0.1) is 0 Å². The molecule has 1 rings (SSSR count). The van der Waals surface area contributed by atoms with E-state index in [1.807, 2.05) is 18.4 Å². The lowest BCUT2D eigenvalue weighted by Gasteiger charge is -2.26. The third kappa shape index (κ3) is 4.78. The zero-order valence-corrected chi connectivity index (χ0v) is 12.6. The van der Waals surface area contributed by atoms with Gasteiger partial charge in [0.15, 0.2) is 0 Å². The van der Waals surface area contributed by atoms with Crippen LogP contribution < -0.4 is 5.32 Å². The van der Waals surface area contributed by atoms with Crippen LogP contribution in [0.15, 0.2) is 11.4 Å². The van der Waals surface area contributed by atoms with Gasteiger partial charge in [0.2, 0.25) is 0 Å². The van der Waals surface area contributed by atoms with E-state index in [4.69, 9.17) is 0 Å². The minimum Gasteiger partial charge on any atom is -0.319 e. The van der Waals surface area contributed by atoms with Gasteiger partial charge in [-0.25, -0.2) is 0 Å². The highest BCUT2D eigenvalue weighted by Crippen LogP contribution is 2.19. The van der Waals surface area contributed by atoms with Crippen LogP contribution in [-0.4, -0.2) is 32.1 Å². The minimum atomic E-state index is 0.727. The molecule has 98 valence electrons. The zero-order valence-electron chi connectivity index (χ0n) is 11.8. The number of nitrogens with one attached hydrogen (secondary N) is 1. The lowest BCUT2D eigenvalue weighted by atomic mass is 9.95. The Balaban J connectivity index is 2.47. The van der Waals surface area contributed by atoms with Crippen molar-refractivity contribution in [1.82, 2.24) is 10.2 Å². The fourth-order valence-corrected chi connectivity index (χ4v) is 3.03. The summed E-state index contributed by atoms with van der Waals surface area (Å²) < 4.78 is 0. The second kappa shape index (κ2) is 7.14. The average molecular weight is 254 g/mol. The van der Waals surface area contributed by atoms with Gasteiger partial charge < -0.3 is 10.2 Å². The Labute approximate surface area is 110 Å². The highest BCUT2D eigenvalue weighted by molar-refractivity contribution is 7.10. The van der Waals surface area contributed by atoms with Crippen molar-refractivity contribution in [3.8, 4) is 0 Å². The molecule has 1 unspecified atom stereocenters. The summed E-state index contributed by atoms with van der Waals surface area (Å²) in [5.41, 5.74) is 1.43. The molecule has 1 atom stereocenters. The van der Waals surface area contributed by atoms with Crippen molar-refractivity contribution in [3.63, 3.8) is 0 Å². The molecule has 17 heavy (non-hydrogen) atoms. The van der Waals surface area contributed by atoms with Crippen LogP contribution in [0.2, 0.25) is 0 Å². The predicted octanol–water partition coefficient (Wildman–Crippen LogP) is 2.98. The largest absolute Gasteiger partial charge is 0.319 e. The van der Waals surface area contributed by atoms with Crippen molar-refractivity contribution in [2.45, 2.75) is 27.3 Å². The molecular weight excluding hydrogens is 228 g/mol. The second-order valence-corrected chi connectivity index (χ2v) is 6.29. The Morgan fingerprint density at radius 2 is 2.12 bits per heavy atom. The lowest BCUT2D eigenvalue weighted by Crippen LogP contribution is -2.34. The molecule has 3 heteroatoms. The summed E-state index contributed by atoms with van der Waals surface area (Å²) in [6, 6.07) is 2.21. The number of nitrogens with zero attached hydrogens (tertiary/aromatic N) is 1. The van der Waals surface area contributed by atoms with Crippen LogP contribution in [0.25, 0.3) is 0 Å². The number of rotatable bonds is 7. The molecule has 1 aromatic rings. The van der Waals surface area contributed by atoms with E-state index in [1.165, 1.54) is 10.4 Å². The molecule has 1 heterocycles. The van der Waals surface area contributed by atoms with Crippen LogP contribution in [0.4, 0.5) is 0 Å². The van der Waals surface area contributed by atoms with Gasteiger partial charge in [-0.1, -0.05) is 13.8 Å². The van der Waals surface area contributed by atoms with Gasteiger partial charge in [-0.05, 0) is 56.4 Å².